The van der Waals surface area contributed by atoms with Crippen molar-refractivity contribution in [3.8, 4) is 0 Å². The molecule has 0 spiro atoms. The van der Waals surface area contributed by atoms with Gasteiger partial charge in [0.25, 0.3) is 0 Å². The minimum Gasteiger partial charge on any atom is -0.376 e. The fourth-order valence-corrected chi connectivity index (χ4v) is 1.36. The Morgan fingerprint density at radius 3 is 2.53 bits per heavy atom. The second kappa shape index (κ2) is 5.85. The lowest BCUT2D eigenvalue weighted by molar-refractivity contribution is -0.173. The first-order valence-corrected chi connectivity index (χ1v) is 5.13. The van der Waals surface area contributed by atoms with Crippen molar-refractivity contribution in [3.63, 3.8) is 0 Å². The van der Waals surface area contributed by atoms with E-state index in [1.54, 1.807) is 0 Å². The minimum atomic E-state index is -4.96. The van der Waals surface area contributed by atoms with Crippen LogP contribution in [0.4, 0.5) is 13.2 Å². The van der Waals surface area contributed by atoms with Gasteiger partial charge in [-0.3, -0.25) is 9.59 Å². The molecule has 1 rings (SSSR count). The van der Waals surface area contributed by atoms with E-state index in [2.05, 4.69) is 5.32 Å². The average molecular weight is 254 g/mol. The van der Waals surface area contributed by atoms with Crippen LogP contribution in [-0.2, 0) is 14.3 Å². The van der Waals surface area contributed by atoms with Crippen molar-refractivity contribution in [2.75, 3.05) is 19.7 Å². The number of halogens is 3. The number of hydrogen-bond acceptors (Lipinski definition) is 3. The van der Waals surface area contributed by atoms with E-state index in [9.17, 15) is 22.8 Å². The first-order valence-electron chi connectivity index (χ1n) is 5.13. The molecule has 2 N–H and O–H groups in total. The van der Waals surface area contributed by atoms with Gasteiger partial charge in [-0.25, -0.2) is 0 Å². The van der Waals surface area contributed by atoms with E-state index < -0.39 is 24.5 Å². The van der Waals surface area contributed by atoms with Gasteiger partial charge in [-0.15, -0.1) is 0 Å². The Kier molecular flexibility index (Phi) is 4.73. The van der Waals surface area contributed by atoms with Gasteiger partial charge in [-0.05, 0) is 12.8 Å². The molecule has 2 amide bonds. The number of nitrogens with one attached hydrogen (secondary N) is 2. The third-order valence-corrected chi connectivity index (χ3v) is 2.22. The van der Waals surface area contributed by atoms with Crippen LogP contribution in [0.15, 0.2) is 0 Å². The minimum absolute atomic E-state index is 0.0859. The van der Waals surface area contributed by atoms with Gasteiger partial charge >= 0.3 is 12.1 Å². The van der Waals surface area contributed by atoms with Gasteiger partial charge in [0.1, 0.15) is 0 Å². The molecule has 1 atom stereocenters. The van der Waals surface area contributed by atoms with Gasteiger partial charge in [-0.2, -0.15) is 13.2 Å². The van der Waals surface area contributed by atoms with Crippen LogP contribution in [0.25, 0.3) is 0 Å². The van der Waals surface area contributed by atoms with Gasteiger partial charge in [0.05, 0.1) is 12.6 Å². The van der Waals surface area contributed by atoms with E-state index >= 15 is 0 Å². The first-order chi connectivity index (χ1) is 7.89. The zero-order chi connectivity index (χ0) is 12.9. The molecule has 17 heavy (non-hydrogen) atoms. The summed E-state index contributed by atoms with van der Waals surface area (Å²) in [5, 5.41) is 3.87. The highest BCUT2D eigenvalue weighted by Gasteiger charge is 2.38. The van der Waals surface area contributed by atoms with Crippen LogP contribution in [-0.4, -0.2) is 43.8 Å². The molecule has 0 aromatic carbocycles. The number of carbonyl (C=O) groups excluding carboxylic acids is 2. The van der Waals surface area contributed by atoms with Gasteiger partial charge in [0.15, 0.2) is 0 Å². The van der Waals surface area contributed by atoms with E-state index in [0.717, 1.165) is 12.8 Å². The lowest BCUT2D eigenvalue weighted by Gasteiger charge is -2.11. The van der Waals surface area contributed by atoms with Crippen molar-refractivity contribution in [1.29, 1.82) is 0 Å². The Bertz CT molecular complexity index is 288. The van der Waals surface area contributed by atoms with Gasteiger partial charge in [0.2, 0.25) is 5.91 Å². The summed E-state index contributed by atoms with van der Waals surface area (Å²) >= 11 is 0. The molecule has 1 heterocycles. The molecule has 0 bridgehead atoms. The van der Waals surface area contributed by atoms with Crippen LogP contribution < -0.4 is 10.6 Å². The van der Waals surface area contributed by atoms with Crippen molar-refractivity contribution in [2.24, 2.45) is 0 Å². The fourth-order valence-electron chi connectivity index (χ4n) is 1.36. The molecule has 0 saturated carbocycles. The van der Waals surface area contributed by atoms with Crippen molar-refractivity contribution in [1.82, 2.24) is 10.6 Å². The number of amides is 2. The summed E-state index contributed by atoms with van der Waals surface area (Å²) in [7, 11) is 0. The topological polar surface area (TPSA) is 67.4 Å². The van der Waals surface area contributed by atoms with Gasteiger partial charge in [-0.1, -0.05) is 0 Å². The van der Waals surface area contributed by atoms with Crippen molar-refractivity contribution in [3.05, 3.63) is 0 Å². The summed E-state index contributed by atoms with van der Waals surface area (Å²) in [4.78, 5) is 21.5. The third-order valence-electron chi connectivity index (χ3n) is 2.22. The molecule has 98 valence electrons. The first kappa shape index (κ1) is 13.8. The molecule has 1 fully saturated rings. The maximum absolute atomic E-state index is 11.8. The van der Waals surface area contributed by atoms with Crippen molar-refractivity contribution < 1.29 is 27.5 Å². The van der Waals surface area contributed by atoms with Crippen LogP contribution in [0.2, 0.25) is 0 Å². The van der Waals surface area contributed by atoms with Crippen molar-refractivity contribution in [2.45, 2.75) is 25.1 Å². The van der Waals surface area contributed by atoms with E-state index in [0.29, 0.717) is 6.61 Å². The molecule has 1 unspecified atom stereocenters. The highest BCUT2D eigenvalue weighted by molar-refractivity contribution is 5.87. The largest absolute Gasteiger partial charge is 0.471 e. The van der Waals surface area contributed by atoms with Crippen LogP contribution in [0.5, 0.6) is 0 Å². The maximum atomic E-state index is 11.8. The lowest BCUT2D eigenvalue weighted by atomic mass is 10.2. The predicted octanol–water partition coefficient (Wildman–Crippen LogP) is -0.0399. The Balaban J connectivity index is 2.14. The number of alkyl halides is 3. The van der Waals surface area contributed by atoms with E-state index in [-0.39, 0.29) is 12.6 Å². The highest BCUT2D eigenvalue weighted by Crippen LogP contribution is 2.13. The SMILES string of the molecule is O=C(CNC(=O)C(F)(F)F)NCC1CCCO1. The Morgan fingerprint density at radius 1 is 1.29 bits per heavy atom. The molecular formula is C9H13F3N2O3. The molecule has 1 aliphatic heterocycles. The van der Waals surface area contributed by atoms with Crippen LogP contribution in [0, 0.1) is 0 Å². The zero-order valence-corrected chi connectivity index (χ0v) is 8.97. The number of rotatable bonds is 4. The maximum Gasteiger partial charge on any atom is 0.471 e. The van der Waals surface area contributed by atoms with Crippen LogP contribution >= 0.6 is 0 Å². The smallest absolute Gasteiger partial charge is 0.376 e. The Morgan fingerprint density at radius 2 is 2.00 bits per heavy atom. The normalized spacial score (nSPS) is 20.1. The molecule has 0 radical (unpaired) electrons. The fraction of sp³-hybridized carbons (Fsp3) is 0.778. The summed E-state index contributed by atoms with van der Waals surface area (Å²) < 4.78 is 40.5. The molecule has 5 nitrogen and oxygen atoms in total. The number of hydrogen-bond donors (Lipinski definition) is 2. The van der Waals surface area contributed by atoms with E-state index in [4.69, 9.17) is 4.74 Å². The average Bonchev–Trinajstić information content (AvgIpc) is 2.74. The second-order valence-corrected chi connectivity index (χ2v) is 3.62. The monoisotopic (exact) mass is 254 g/mol. The molecule has 1 aliphatic rings. The van der Waals surface area contributed by atoms with Crippen LogP contribution in [0.3, 0.4) is 0 Å². The molecule has 0 aromatic rings. The zero-order valence-electron chi connectivity index (χ0n) is 8.97. The second-order valence-electron chi connectivity index (χ2n) is 3.62. The third kappa shape index (κ3) is 5.03. The predicted molar refractivity (Wildman–Crippen MR) is 51.0 cm³/mol. The number of ether oxygens (including phenoxy) is 1. The van der Waals surface area contributed by atoms with Gasteiger partial charge < -0.3 is 15.4 Å². The lowest BCUT2D eigenvalue weighted by Crippen LogP contribution is -2.44. The number of carbonyl (C=O) groups is 2. The van der Waals surface area contributed by atoms with Gasteiger partial charge in [0, 0.05) is 13.2 Å². The van der Waals surface area contributed by atoms with E-state index in [1.807, 2.05) is 0 Å². The molecule has 1 saturated heterocycles. The molecule has 8 heteroatoms. The van der Waals surface area contributed by atoms with E-state index in [1.165, 1.54) is 5.32 Å². The molecule has 0 aromatic heterocycles. The summed E-state index contributed by atoms with van der Waals surface area (Å²) in [5.41, 5.74) is 0. The standard InChI is InChI=1S/C9H13F3N2O3/c10-9(11,12)8(16)14-5-7(15)13-4-6-2-1-3-17-6/h6H,1-5H2,(H,13,15)(H,14,16). The summed E-state index contributed by atoms with van der Waals surface area (Å²) in [6, 6.07) is 0. The molecular weight excluding hydrogens is 241 g/mol. The summed E-state index contributed by atoms with van der Waals surface area (Å²) in [6.07, 6.45) is -3.33. The Labute approximate surface area is 95.7 Å². The Hall–Kier alpha value is -1.31. The highest BCUT2D eigenvalue weighted by atomic mass is 19.4. The quantitative estimate of drug-likeness (QED) is 0.739. The summed E-state index contributed by atoms with van der Waals surface area (Å²) in [6.45, 7) is 0.192. The van der Waals surface area contributed by atoms with Crippen molar-refractivity contribution >= 4 is 11.8 Å². The molecule has 0 aliphatic carbocycles. The van der Waals surface area contributed by atoms with Crippen LogP contribution in [0.1, 0.15) is 12.8 Å². The summed E-state index contributed by atoms with van der Waals surface area (Å²) in [5.74, 6) is -2.79.